The van der Waals surface area contributed by atoms with Crippen molar-refractivity contribution in [2.75, 3.05) is 47.1 Å². The van der Waals surface area contributed by atoms with E-state index in [4.69, 9.17) is 19.2 Å². The number of carbonyl (C=O) groups is 1. The summed E-state index contributed by atoms with van der Waals surface area (Å²) in [5.74, 6) is 1.39. The van der Waals surface area contributed by atoms with E-state index in [0.29, 0.717) is 36.8 Å². The van der Waals surface area contributed by atoms with E-state index in [1.807, 2.05) is 28.9 Å². The van der Waals surface area contributed by atoms with Gasteiger partial charge in [0.15, 0.2) is 17.1 Å². The molecule has 9 heteroatoms. The quantitative estimate of drug-likeness (QED) is 0.481. The molecule has 1 N–H and O–H groups in total. The fraction of sp³-hybridized carbons (Fsp3) is 0.519. The average molecular weight is 496 g/mol. The van der Waals surface area contributed by atoms with Gasteiger partial charge in [0.1, 0.15) is 0 Å². The van der Waals surface area contributed by atoms with Crippen LogP contribution in [0.1, 0.15) is 67.3 Å². The lowest BCUT2D eigenvalue weighted by Gasteiger charge is -2.35. The highest BCUT2D eigenvalue weighted by molar-refractivity contribution is 6.05. The number of carbonyl (C=O) groups excluding carboxylic acids is 1. The SMILES string of the molecule is COc1ccc([C@H](CNC(=O)c2cc(C(C)C)nc3c2cnn3C(C)C)N2CCOCC2)cc1OC. The first-order valence-corrected chi connectivity index (χ1v) is 12.5. The first kappa shape index (κ1) is 25.9. The van der Waals surface area contributed by atoms with Gasteiger partial charge in [-0.1, -0.05) is 19.9 Å². The molecule has 1 aliphatic heterocycles. The molecule has 3 aromatic rings. The summed E-state index contributed by atoms with van der Waals surface area (Å²) in [5, 5.41) is 8.48. The molecule has 1 aromatic carbocycles. The monoisotopic (exact) mass is 495 g/mol. The Bertz CT molecular complexity index is 1200. The zero-order valence-corrected chi connectivity index (χ0v) is 22.1. The molecular formula is C27H37N5O4. The number of amides is 1. The molecule has 1 aliphatic rings. The van der Waals surface area contributed by atoms with Gasteiger partial charge >= 0.3 is 0 Å². The lowest BCUT2D eigenvalue weighted by Crippen LogP contribution is -2.43. The number of nitrogens with zero attached hydrogens (tertiary/aromatic N) is 4. The molecule has 0 spiro atoms. The number of morpholine rings is 1. The van der Waals surface area contributed by atoms with Crippen LogP contribution in [0, 0.1) is 0 Å². The molecule has 1 atom stereocenters. The van der Waals surface area contributed by atoms with E-state index in [1.165, 1.54) is 0 Å². The molecule has 9 nitrogen and oxygen atoms in total. The van der Waals surface area contributed by atoms with Crippen LogP contribution in [0.5, 0.6) is 11.5 Å². The third-order valence-corrected chi connectivity index (χ3v) is 6.65. The van der Waals surface area contributed by atoms with Crippen LogP contribution in [0.25, 0.3) is 11.0 Å². The summed E-state index contributed by atoms with van der Waals surface area (Å²) in [6.45, 7) is 11.6. The van der Waals surface area contributed by atoms with E-state index in [1.54, 1.807) is 20.4 Å². The van der Waals surface area contributed by atoms with Crippen LogP contribution in [0.4, 0.5) is 0 Å². The summed E-state index contributed by atoms with van der Waals surface area (Å²) in [6.07, 6.45) is 1.75. The second-order valence-corrected chi connectivity index (χ2v) is 9.66. The number of ether oxygens (including phenoxy) is 3. The van der Waals surface area contributed by atoms with Crippen molar-refractivity contribution in [1.82, 2.24) is 25.0 Å². The van der Waals surface area contributed by atoms with Gasteiger partial charge in [0.25, 0.3) is 5.91 Å². The van der Waals surface area contributed by atoms with Crippen molar-refractivity contribution in [1.29, 1.82) is 0 Å². The molecule has 36 heavy (non-hydrogen) atoms. The number of hydrogen-bond donors (Lipinski definition) is 1. The zero-order chi connectivity index (χ0) is 25.8. The summed E-state index contributed by atoms with van der Waals surface area (Å²) in [4.78, 5) is 20.8. The Balaban J connectivity index is 1.65. The summed E-state index contributed by atoms with van der Waals surface area (Å²) < 4.78 is 18.4. The van der Waals surface area contributed by atoms with Gasteiger partial charge in [-0.15, -0.1) is 0 Å². The van der Waals surface area contributed by atoms with Crippen molar-refractivity contribution in [3.63, 3.8) is 0 Å². The highest BCUT2D eigenvalue weighted by atomic mass is 16.5. The van der Waals surface area contributed by atoms with Crippen molar-refractivity contribution in [3.05, 3.63) is 47.3 Å². The molecule has 0 bridgehead atoms. The van der Waals surface area contributed by atoms with Gasteiger partial charge in [-0.2, -0.15) is 5.10 Å². The molecule has 1 saturated heterocycles. The molecule has 0 aliphatic carbocycles. The van der Waals surface area contributed by atoms with E-state index in [0.717, 1.165) is 35.4 Å². The molecule has 3 heterocycles. The van der Waals surface area contributed by atoms with Crippen molar-refractivity contribution < 1.29 is 19.0 Å². The van der Waals surface area contributed by atoms with Crippen LogP contribution in [-0.4, -0.2) is 72.6 Å². The second kappa shape index (κ2) is 11.3. The Morgan fingerprint density at radius 1 is 1.08 bits per heavy atom. The fourth-order valence-corrected chi connectivity index (χ4v) is 4.59. The molecule has 1 fully saturated rings. The summed E-state index contributed by atoms with van der Waals surface area (Å²) in [7, 11) is 3.25. The molecule has 0 radical (unpaired) electrons. The molecule has 194 valence electrons. The Labute approximate surface area is 212 Å². The number of benzene rings is 1. The smallest absolute Gasteiger partial charge is 0.252 e. The largest absolute Gasteiger partial charge is 0.493 e. The molecule has 4 rings (SSSR count). The van der Waals surface area contributed by atoms with Crippen molar-refractivity contribution >= 4 is 16.9 Å². The summed E-state index contributed by atoms with van der Waals surface area (Å²) in [6, 6.07) is 7.92. The van der Waals surface area contributed by atoms with Gasteiger partial charge in [0.2, 0.25) is 0 Å². The Morgan fingerprint density at radius 3 is 2.44 bits per heavy atom. The van der Waals surface area contributed by atoms with E-state index in [2.05, 4.69) is 43.0 Å². The zero-order valence-electron chi connectivity index (χ0n) is 22.1. The average Bonchev–Trinajstić information content (AvgIpc) is 3.33. The van der Waals surface area contributed by atoms with Crippen molar-refractivity contribution in [3.8, 4) is 11.5 Å². The second-order valence-electron chi connectivity index (χ2n) is 9.66. The summed E-state index contributed by atoms with van der Waals surface area (Å²) >= 11 is 0. The maximum Gasteiger partial charge on any atom is 0.252 e. The minimum atomic E-state index is -0.133. The highest BCUT2D eigenvalue weighted by Gasteiger charge is 2.26. The van der Waals surface area contributed by atoms with E-state index in [-0.39, 0.29) is 23.9 Å². The minimum absolute atomic E-state index is 0.0436. The van der Waals surface area contributed by atoms with Crippen LogP contribution >= 0.6 is 0 Å². The molecule has 1 amide bonds. The third-order valence-electron chi connectivity index (χ3n) is 6.65. The van der Waals surface area contributed by atoms with E-state index >= 15 is 0 Å². The van der Waals surface area contributed by atoms with Crippen LogP contribution in [0.3, 0.4) is 0 Å². The number of aromatic nitrogens is 3. The fourth-order valence-electron chi connectivity index (χ4n) is 4.59. The van der Waals surface area contributed by atoms with Gasteiger partial charge in [-0.3, -0.25) is 9.69 Å². The van der Waals surface area contributed by atoms with E-state index < -0.39 is 0 Å². The maximum absolute atomic E-state index is 13.6. The van der Waals surface area contributed by atoms with Crippen LogP contribution < -0.4 is 14.8 Å². The molecule has 2 aromatic heterocycles. The number of hydrogen-bond acceptors (Lipinski definition) is 7. The standard InChI is InChI=1S/C27H37N5O4/c1-17(2)22-14-20(21-15-29-32(18(3)4)26(21)30-22)27(33)28-16-23(31-9-11-36-12-10-31)19-7-8-24(34-5)25(13-19)35-6/h7-8,13-15,17-18,23H,9-12,16H2,1-6H3,(H,28,33)/t23-/m0/s1. The molecule has 0 saturated carbocycles. The predicted octanol–water partition coefficient (Wildman–Crippen LogP) is 3.96. The van der Waals surface area contributed by atoms with Gasteiger partial charge in [-0.25, -0.2) is 9.67 Å². The predicted molar refractivity (Wildman–Crippen MR) is 139 cm³/mol. The van der Waals surface area contributed by atoms with Gasteiger partial charge in [0.05, 0.1) is 50.6 Å². The Kier molecular flexibility index (Phi) is 8.11. The number of pyridine rings is 1. The Hall–Kier alpha value is -3.17. The Morgan fingerprint density at radius 2 is 1.81 bits per heavy atom. The number of methoxy groups -OCH3 is 2. The topological polar surface area (TPSA) is 90.7 Å². The van der Waals surface area contributed by atoms with Gasteiger partial charge < -0.3 is 19.5 Å². The van der Waals surface area contributed by atoms with E-state index in [9.17, 15) is 4.79 Å². The lowest BCUT2D eigenvalue weighted by molar-refractivity contribution is 0.0162. The normalized spacial score (nSPS) is 15.4. The van der Waals surface area contributed by atoms with Crippen LogP contribution in [-0.2, 0) is 4.74 Å². The van der Waals surface area contributed by atoms with Crippen LogP contribution in [0.2, 0.25) is 0 Å². The lowest BCUT2D eigenvalue weighted by atomic mass is 10.0. The van der Waals surface area contributed by atoms with Gasteiger partial charge in [0, 0.05) is 31.4 Å². The third kappa shape index (κ3) is 5.32. The van der Waals surface area contributed by atoms with Crippen LogP contribution in [0.15, 0.2) is 30.5 Å². The number of rotatable bonds is 9. The molecule has 0 unspecified atom stereocenters. The van der Waals surface area contributed by atoms with Gasteiger partial charge in [-0.05, 0) is 43.5 Å². The maximum atomic E-state index is 13.6. The minimum Gasteiger partial charge on any atom is -0.493 e. The first-order valence-electron chi connectivity index (χ1n) is 12.5. The number of fused-ring (bicyclic) bond motifs is 1. The molecular weight excluding hydrogens is 458 g/mol. The summed E-state index contributed by atoms with van der Waals surface area (Å²) in [5.41, 5.74) is 3.26. The highest BCUT2D eigenvalue weighted by Crippen LogP contribution is 2.32. The first-order chi connectivity index (χ1) is 17.3. The van der Waals surface area contributed by atoms with Crippen molar-refractivity contribution in [2.24, 2.45) is 0 Å². The van der Waals surface area contributed by atoms with Crippen molar-refractivity contribution in [2.45, 2.75) is 45.7 Å². The number of nitrogens with one attached hydrogen (secondary N) is 1.